The van der Waals surface area contributed by atoms with Crippen LogP contribution < -0.4 is 9.47 Å². The minimum absolute atomic E-state index is 0.137. The Morgan fingerprint density at radius 1 is 0.521 bits per heavy atom. The van der Waals surface area contributed by atoms with E-state index < -0.39 is 136 Å². The zero-order valence-corrected chi connectivity index (χ0v) is 23.3. The minimum atomic E-state index is -6.15. The van der Waals surface area contributed by atoms with Gasteiger partial charge in [0.15, 0.2) is 17.4 Å². The maximum Gasteiger partial charge on any atom is 0.420 e. The van der Waals surface area contributed by atoms with Crippen molar-refractivity contribution in [2.45, 2.75) is 63.7 Å². The second-order valence-corrected chi connectivity index (χ2v) is 9.87. The van der Waals surface area contributed by atoms with Crippen LogP contribution in [0.1, 0.15) is 60.1 Å². The number of esters is 2. The van der Waals surface area contributed by atoms with Crippen molar-refractivity contribution in [2.75, 3.05) is 0 Å². The van der Waals surface area contributed by atoms with Crippen molar-refractivity contribution in [1.82, 2.24) is 0 Å². The first-order valence-corrected chi connectivity index (χ1v) is 12.5. The first-order valence-electron chi connectivity index (χ1n) is 12.5. The van der Waals surface area contributed by atoms with Crippen LogP contribution in [0.2, 0.25) is 0 Å². The average molecular weight is 734 g/mol. The maximum absolute atomic E-state index is 13.7. The fraction of sp³-hybridized carbons (Fsp3) is 0.462. The third-order valence-electron chi connectivity index (χ3n) is 6.28. The Morgan fingerprint density at radius 3 is 0.958 bits per heavy atom. The summed E-state index contributed by atoms with van der Waals surface area (Å²) in [5.74, 6) is -15.3. The highest BCUT2D eigenvalue weighted by atomic mass is 19.4. The monoisotopic (exact) mass is 734 g/mol. The highest BCUT2D eigenvalue weighted by molar-refractivity contribution is 5.97. The Labute approximate surface area is 255 Å². The summed E-state index contributed by atoms with van der Waals surface area (Å²) in [6.45, 7) is 2.05. The van der Waals surface area contributed by atoms with Crippen LogP contribution in [0.3, 0.4) is 0 Å². The fourth-order valence-electron chi connectivity index (χ4n) is 4.16. The summed E-state index contributed by atoms with van der Waals surface area (Å²) < 4.78 is 251. The predicted octanol–water partition coefficient (Wildman–Crippen LogP) is 10.4. The van der Waals surface area contributed by atoms with E-state index in [1.54, 1.807) is 0 Å². The lowest BCUT2D eigenvalue weighted by Crippen LogP contribution is -2.37. The predicted molar refractivity (Wildman–Crippen MR) is 122 cm³/mol. The Balaban J connectivity index is 2.85. The zero-order chi connectivity index (χ0) is 37.6. The van der Waals surface area contributed by atoms with Crippen LogP contribution in [0.15, 0.2) is 24.3 Å². The van der Waals surface area contributed by atoms with Gasteiger partial charge in [0.1, 0.15) is 0 Å². The fourth-order valence-corrected chi connectivity index (χ4v) is 4.16. The molecule has 2 aromatic rings. The van der Waals surface area contributed by atoms with Crippen molar-refractivity contribution in [3.05, 3.63) is 57.6 Å². The van der Waals surface area contributed by atoms with Gasteiger partial charge in [0.05, 0.1) is 33.4 Å². The van der Waals surface area contributed by atoms with E-state index in [2.05, 4.69) is 9.47 Å². The Kier molecular flexibility index (Phi) is 11.1. The number of rotatable bonds is 7. The number of halogens is 18. The molecule has 0 amide bonds. The van der Waals surface area contributed by atoms with Crippen LogP contribution in [0, 0.1) is 11.8 Å². The van der Waals surface area contributed by atoms with Crippen LogP contribution >= 0.6 is 0 Å². The number of ether oxygens (including phenoxy) is 2. The topological polar surface area (TPSA) is 52.6 Å². The molecule has 0 aliphatic carbocycles. The van der Waals surface area contributed by atoms with E-state index in [9.17, 15) is 88.6 Å². The number of alkyl halides is 18. The summed E-state index contributed by atoms with van der Waals surface area (Å²) in [6.07, 6.45) is -36.9. The molecular formula is C26H16F18O4. The second-order valence-electron chi connectivity index (χ2n) is 9.87. The Bertz CT molecular complexity index is 1330. The molecule has 22 heteroatoms. The van der Waals surface area contributed by atoms with Gasteiger partial charge in [-0.05, 0) is 36.6 Å². The van der Waals surface area contributed by atoms with Crippen molar-refractivity contribution >= 4 is 11.9 Å². The molecular weight excluding hydrogens is 718 g/mol. The van der Waals surface area contributed by atoms with Gasteiger partial charge in [0.25, 0.3) is 0 Å². The van der Waals surface area contributed by atoms with Crippen molar-refractivity contribution < 1.29 is 98.1 Å². The van der Waals surface area contributed by atoms with E-state index in [-0.39, 0.29) is 6.42 Å². The first-order chi connectivity index (χ1) is 21.3. The van der Waals surface area contributed by atoms with Crippen molar-refractivity contribution in [2.24, 2.45) is 11.8 Å². The zero-order valence-electron chi connectivity index (χ0n) is 23.3. The standard InChI is InChI=1S/C26H16F18O4/c1-3-4-9(2)16(19(45)47-17-12(23(33,34)35)5-10(21(27,28)29)6-13(17)24(36,37)38)20(46)48-18-14(25(39,40)41)7-11(22(30,31)32)8-15(18)26(42,43)44/h5-9,16H,3-4H2,1-2H3. The smallest absolute Gasteiger partial charge is 0.420 e. The highest BCUT2D eigenvalue weighted by Crippen LogP contribution is 2.50. The minimum Gasteiger partial charge on any atom is -0.425 e. The van der Waals surface area contributed by atoms with E-state index in [1.165, 1.54) is 6.92 Å². The summed E-state index contributed by atoms with van der Waals surface area (Å²) in [7, 11) is 0. The van der Waals surface area contributed by atoms with Gasteiger partial charge < -0.3 is 9.47 Å². The molecule has 270 valence electrons. The summed E-state index contributed by atoms with van der Waals surface area (Å²) in [5.41, 5.74) is -16.6. The molecule has 0 aromatic heterocycles. The maximum atomic E-state index is 13.7. The largest absolute Gasteiger partial charge is 0.425 e. The molecule has 0 aliphatic heterocycles. The lowest BCUT2D eigenvalue weighted by Gasteiger charge is -2.25. The molecule has 0 saturated heterocycles. The van der Waals surface area contributed by atoms with Crippen LogP contribution in [0.4, 0.5) is 79.0 Å². The summed E-state index contributed by atoms with van der Waals surface area (Å²) >= 11 is 0. The summed E-state index contributed by atoms with van der Waals surface area (Å²) in [6, 6.07) is -3.63. The van der Waals surface area contributed by atoms with E-state index in [1.807, 2.05) is 0 Å². The molecule has 2 aromatic carbocycles. The molecule has 0 aliphatic rings. The van der Waals surface area contributed by atoms with E-state index >= 15 is 0 Å². The molecule has 2 rings (SSSR count). The molecule has 0 spiro atoms. The van der Waals surface area contributed by atoms with Crippen LogP contribution in [0.5, 0.6) is 11.5 Å². The van der Waals surface area contributed by atoms with E-state index in [0.29, 0.717) is 0 Å². The Morgan fingerprint density at radius 2 is 0.771 bits per heavy atom. The number of hydrogen-bond donors (Lipinski definition) is 0. The van der Waals surface area contributed by atoms with Crippen molar-refractivity contribution in [3.63, 3.8) is 0 Å². The van der Waals surface area contributed by atoms with E-state index in [0.717, 1.165) is 6.92 Å². The van der Waals surface area contributed by atoms with Crippen LogP contribution in [-0.2, 0) is 46.6 Å². The summed E-state index contributed by atoms with van der Waals surface area (Å²) in [5, 5.41) is 0. The molecule has 0 radical (unpaired) electrons. The second kappa shape index (κ2) is 13.2. The van der Waals surface area contributed by atoms with Crippen LogP contribution in [0.25, 0.3) is 0 Å². The number of carbonyl (C=O) groups is 2. The van der Waals surface area contributed by atoms with Gasteiger partial charge in [-0.25, -0.2) is 0 Å². The lowest BCUT2D eigenvalue weighted by molar-refractivity contribution is -0.158. The van der Waals surface area contributed by atoms with Gasteiger partial charge in [-0.2, -0.15) is 79.0 Å². The van der Waals surface area contributed by atoms with E-state index in [4.69, 9.17) is 0 Å². The SMILES string of the molecule is CCCC(C)C(C(=O)Oc1c(C(F)(F)F)cc(C(F)(F)F)cc1C(F)(F)F)C(=O)Oc1c(C(F)(F)F)cc(C(F)(F)F)cc1C(F)(F)F. The average Bonchev–Trinajstić information content (AvgIpc) is 2.85. The quantitative estimate of drug-likeness (QED) is 0.123. The van der Waals surface area contributed by atoms with Gasteiger partial charge >= 0.3 is 49.0 Å². The number of hydrogen-bond acceptors (Lipinski definition) is 4. The molecule has 1 unspecified atom stereocenters. The number of benzene rings is 2. The van der Waals surface area contributed by atoms with Gasteiger partial charge in [-0.15, -0.1) is 0 Å². The van der Waals surface area contributed by atoms with Gasteiger partial charge in [0.2, 0.25) is 0 Å². The van der Waals surface area contributed by atoms with Crippen molar-refractivity contribution in [1.29, 1.82) is 0 Å². The van der Waals surface area contributed by atoms with Gasteiger partial charge in [-0.1, -0.05) is 20.3 Å². The van der Waals surface area contributed by atoms with Crippen LogP contribution in [-0.4, -0.2) is 11.9 Å². The third-order valence-corrected chi connectivity index (χ3v) is 6.28. The molecule has 0 heterocycles. The normalized spacial score (nSPS) is 14.3. The van der Waals surface area contributed by atoms with Crippen molar-refractivity contribution in [3.8, 4) is 11.5 Å². The van der Waals surface area contributed by atoms with Gasteiger partial charge in [0, 0.05) is 0 Å². The summed E-state index contributed by atoms with van der Waals surface area (Å²) in [4.78, 5) is 26.0. The molecule has 0 saturated carbocycles. The Hall–Kier alpha value is -3.88. The molecule has 0 bridgehead atoms. The number of carbonyl (C=O) groups excluding carboxylic acids is 2. The molecule has 1 atom stereocenters. The molecule has 4 nitrogen and oxygen atoms in total. The third kappa shape index (κ3) is 9.38. The van der Waals surface area contributed by atoms with Gasteiger partial charge in [-0.3, -0.25) is 9.59 Å². The molecule has 0 fully saturated rings. The molecule has 48 heavy (non-hydrogen) atoms. The molecule has 0 N–H and O–H groups in total. The lowest BCUT2D eigenvalue weighted by atomic mass is 9.90. The first kappa shape index (κ1) is 40.3. The highest BCUT2D eigenvalue weighted by Gasteiger charge is 2.50.